The van der Waals surface area contributed by atoms with E-state index in [0.29, 0.717) is 10.6 Å². The highest BCUT2D eigenvalue weighted by molar-refractivity contribution is 6.30. The van der Waals surface area contributed by atoms with Crippen molar-refractivity contribution < 1.29 is 19.1 Å². The summed E-state index contributed by atoms with van der Waals surface area (Å²) in [6.45, 7) is 1.70. The summed E-state index contributed by atoms with van der Waals surface area (Å²) in [7, 11) is 1.39. The largest absolute Gasteiger partial charge is 0.462 e. The molecule has 0 saturated carbocycles. The van der Waals surface area contributed by atoms with Crippen LogP contribution >= 0.6 is 11.6 Å². The Morgan fingerprint density at radius 3 is 2.68 bits per heavy atom. The molecule has 0 aliphatic rings. The number of carbonyl (C=O) groups is 2. The number of hydrogen-bond acceptors (Lipinski definition) is 4. The van der Waals surface area contributed by atoms with Gasteiger partial charge in [-0.05, 0) is 30.7 Å². The Morgan fingerprint density at radius 2 is 2.11 bits per heavy atom. The number of halogens is 1. The van der Waals surface area contributed by atoms with E-state index >= 15 is 0 Å². The van der Waals surface area contributed by atoms with E-state index in [1.807, 2.05) is 0 Å². The lowest BCUT2D eigenvalue weighted by atomic mass is 10.1. The van der Waals surface area contributed by atoms with E-state index in [1.54, 1.807) is 31.2 Å². The zero-order valence-corrected chi connectivity index (χ0v) is 11.6. The fourth-order valence-electron chi connectivity index (χ4n) is 1.43. The molecular formula is C14H15ClO4. The second kappa shape index (κ2) is 7.71. The molecule has 0 unspecified atom stereocenters. The highest BCUT2D eigenvalue weighted by atomic mass is 35.5. The molecular weight excluding hydrogens is 268 g/mol. The van der Waals surface area contributed by atoms with Crippen LogP contribution in [0.4, 0.5) is 0 Å². The molecule has 0 amide bonds. The maximum atomic E-state index is 11.8. The van der Waals surface area contributed by atoms with Gasteiger partial charge in [0.1, 0.15) is 12.2 Å². The standard InChI is InChI=1S/C14H15ClO4/c1-3-19-14(17)12(13(16)9-18-2)8-10-5-4-6-11(15)7-10/h4-8H,3,9H2,1-2H3. The normalized spacial score (nSPS) is 11.2. The Hall–Kier alpha value is -1.65. The average molecular weight is 283 g/mol. The van der Waals surface area contributed by atoms with Gasteiger partial charge in [0.15, 0.2) is 5.78 Å². The van der Waals surface area contributed by atoms with Gasteiger partial charge in [-0.2, -0.15) is 0 Å². The Morgan fingerprint density at radius 1 is 1.37 bits per heavy atom. The summed E-state index contributed by atoms with van der Waals surface area (Å²) < 4.78 is 9.61. The number of Topliss-reactive ketones (excluding diaryl/α,β-unsaturated/α-hetero) is 1. The lowest BCUT2D eigenvalue weighted by molar-refractivity contribution is -0.140. The zero-order valence-electron chi connectivity index (χ0n) is 10.8. The van der Waals surface area contributed by atoms with Gasteiger partial charge in [-0.3, -0.25) is 4.79 Å². The maximum Gasteiger partial charge on any atom is 0.341 e. The molecule has 0 bridgehead atoms. The number of hydrogen-bond donors (Lipinski definition) is 0. The molecule has 1 aromatic carbocycles. The van der Waals surface area contributed by atoms with Gasteiger partial charge in [-0.1, -0.05) is 23.7 Å². The van der Waals surface area contributed by atoms with E-state index < -0.39 is 11.8 Å². The number of ketones is 1. The van der Waals surface area contributed by atoms with Gasteiger partial charge < -0.3 is 9.47 Å². The third kappa shape index (κ3) is 4.85. The van der Waals surface area contributed by atoms with Gasteiger partial charge >= 0.3 is 5.97 Å². The molecule has 0 aliphatic heterocycles. The molecule has 0 heterocycles. The molecule has 4 nitrogen and oxygen atoms in total. The minimum absolute atomic E-state index is 0.0500. The van der Waals surface area contributed by atoms with Crippen LogP contribution < -0.4 is 0 Å². The SMILES string of the molecule is CCOC(=O)C(=Cc1cccc(Cl)c1)C(=O)COC. The second-order valence-corrected chi connectivity index (χ2v) is 4.13. The minimum Gasteiger partial charge on any atom is -0.462 e. The summed E-state index contributed by atoms with van der Waals surface area (Å²) in [5.74, 6) is -1.09. The van der Waals surface area contributed by atoms with Crippen LogP contribution in [0.3, 0.4) is 0 Å². The molecule has 0 aromatic heterocycles. The van der Waals surface area contributed by atoms with Crippen molar-refractivity contribution in [1.29, 1.82) is 0 Å². The smallest absolute Gasteiger partial charge is 0.341 e. The van der Waals surface area contributed by atoms with Gasteiger partial charge in [-0.25, -0.2) is 4.79 Å². The van der Waals surface area contributed by atoms with E-state index in [-0.39, 0.29) is 18.8 Å². The highest BCUT2D eigenvalue weighted by Gasteiger charge is 2.19. The first-order valence-electron chi connectivity index (χ1n) is 5.75. The molecule has 0 saturated heterocycles. The quantitative estimate of drug-likeness (QED) is 0.348. The van der Waals surface area contributed by atoms with Gasteiger partial charge in [0.05, 0.1) is 6.61 Å². The Kier molecular flexibility index (Phi) is 6.25. The Bertz CT molecular complexity index is 474. The molecule has 1 rings (SSSR count). The first-order valence-corrected chi connectivity index (χ1v) is 6.12. The predicted octanol–water partition coefficient (Wildman–Crippen LogP) is 2.50. The van der Waals surface area contributed by atoms with Crippen LogP contribution in [0, 0.1) is 0 Å². The Labute approximate surface area is 117 Å². The molecule has 1 aromatic rings. The van der Waals surface area contributed by atoms with Crippen LogP contribution in [0.2, 0.25) is 5.02 Å². The van der Waals surface area contributed by atoms with Crippen LogP contribution in [0.25, 0.3) is 6.08 Å². The van der Waals surface area contributed by atoms with Gasteiger partial charge in [0, 0.05) is 12.1 Å². The van der Waals surface area contributed by atoms with Crippen LogP contribution in [-0.2, 0) is 19.1 Å². The van der Waals surface area contributed by atoms with E-state index in [4.69, 9.17) is 21.1 Å². The van der Waals surface area contributed by atoms with Crippen LogP contribution in [0.5, 0.6) is 0 Å². The van der Waals surface area contributed by atoms with Crippen molar-refractivity contribution in [2.75, 3.05) is 20.3 Å². The van der Waals surface area contributed by atoms with E-state index in [9.17, 15) is 9.59 Å². The number of carbonyl (C=O) groups excluding carboxylic acids is 2. The lowest BCUT2D eigenvalue weighted by Gasteiger charge is -2.06. The molecule has 0 radical (unpaired) electrons. The van der Waals surface area contributed by atoms with Crippen LogP contribution in [0.15, 0.2) is 29.8 Å². The maximum absolute atomic E-state index is 11.8. The minimum atomic E-state index is -0.662. The van der Waals surface area contributed by atoms with E-state index in [0.717, 1.165) is 0 Å². The fraction of sp³-hybridized carbons (Fsp3) is 0.286. The summed E-state index contributed by atoms with van der Waals surface area (Å²) in [5, 5.41) is 0.524. The fourth-order valence-corrected chi connectivity index (χ4v) is 1.63. The number of benzene rings is 1. The number of ether oxygens (including phenoxy) is 2. The summed E-state index contributed by atoms with van der Waals surface area (Å²) in [5.41, 5.74) is 0.603. The average Bonchev–Trinajstić information content (AvgIpc) is 2.36. The summed E-state index contributed by atoms with van der Waals surface area (Å²) in [4.78, 5) is 23.6. The molecule has 0 aliphatic carbocycles. The number of rotatable bonds is 6. The zero-order chi connectivity index (χ0) is 14.3. The van der Waals surface area contributed by atoms with E-state index in [1.165, 1.54) is 13.2 Å². The van der Waals surface area contributed by atoms with Crippen molar-refractivity contribution in [3.8, 4) is 0 Å². The second-order valence-electron chi connectivity index (χ2n) is 3.69. The molecule has 0 atom stereocenters. The number of esters is 1. The highest BCUT2D eigenvalue weighted by Crippen LogP contribution is 2.15. The molecule has 19 heavy (non-hydrogen) atoms. The van der Waals surface area contributed by atoms with Gasteiger partial charge in [0.25, 0.3) is 0 Å². The van der Waals surface area contributed by atoms with Gasteiger partial charge in [0.2, 0.25) is 0 Å². The Balaban J connectivity index is 3.08. The van der Waals surface area contributed by atoms with E-state index in [2.05, 4.69) is 0 Å². The van der Waals surface area contributed by atoms with Crippen molar-refractivity contribution in [3.63, 3.8) is 0 Å². The first kappa shape index (κ1) is 15.4. The molecule has 5 heteroatoms. The molecule has 0 spiro atoms. The van der Waals surface area contributed by atoms with Crippen LogP contribution in [-0.4, -0.2) is 32.1 Å². The lowest BCUT2D eigenvalue weighted by Crippen LogP contribution is -2.19. The predicted molar refractivity (Wildman–Crippen MR) is 72.9 cm³/mol. The monoisotopic (exact) mass is 282 g/mol. The molecule has 0 N–H and O–H groups in total. The summed E-state index contributed by atoms with van der Waals surface area (Å²) in [6, 6.07) is 6.84. The topological polar surface area (TPSA) is 52.6 Å². The van der Waals surface area contributed by atoms with Crippen molar-refractivity contribution in [3.05, 3.63) is 40.4 Å². The van der Waals surface area contributed by atoms with Crippen LogP contribution in [0.1, 0.15) is 12.5 Å². The summed E-state index contributed by atoms with van der Waals surface area (Å²) >= 11 is 5.85. The molecule has 0 fully saturated rings. The van der Waals surface area contributed by atoms with Crippen molar-refractivity contribution in [2.45, 2.75) is 6.92 Å². The van der Waals surface area contributed by atoms with Crippen molar-refractivity contribution in [1.82, 2.24) is 0 Å². The third-order valence-electron chi connectivity index (χ3n) is 2.23. The van der Waals surface area contributed by atoms with Crippen molar-refractivity contribution >= 4 is 29.4 Å². The van der Waals surface area contributed by atoms with Gasteiger partial charge in [-0.15, -0.1) is 0 Å². The molecule has 102 valence electrons. The first-order chi connectivity index (χ1) is 9.08. The number of methoxy groups -OCH3 is 1. The van der Waals surface area contributed by atoms with Crippen molar-refractivity contribution in [2.24, 2.45) is 0 Å². The third-order valence-corrected chi connectivity index (χ3v) is 2.47. The summed E-state index contributed by atoms with van der Waals surface area (Å²) in [6.07, 6.45) is 1.45.